The van der Waals surface area contributed by atoms with Gasteiger partial charge in [0.25, 0.3) is 0 Å². The molecule has 2 aromatic carbocycles. The number of thiazole rings is 1. The van der Waals surface area contributed by atoms with Crippen molar-refractivity contribution in [3.8, 4) is 0 Å². The second kappa shape index (κ2) is 14.8. The molecule has 47 heavy (non-hydrogen) atoms. The lowest BCUT2D eigenvalue weighted by Crippen LogP contribution is -2.45. The summed E-state index contributed by atoms with van der Waals surface area (Å²) in [5.74, 6) is -2.12. The summed E-state index contributed by atoms with van der Waals surface area (Å²) in [7, 11) is 0. The minimum atomic E-state index is -1.28. The number of carbonyl (C=O) groups excluding carboxylic acids is 3. The molecule has 0 unspecified atom stereocenters. The summed E-state index contributed by atoms with van der Waals surface area (Å²) in [6, 6.07) is 13.2. The third kappa shape index (κ3) is 8.35. The lowest BCUT2D eigenvalue weighted by molar-refractivity contribution is -0.154. The number of hydrogen-bond acceptors (Lipinski definition) is 10. The molecule has 9 nitrogen and oxygen atoms in total. The van der Waals surface area contributed by atoms with E-state index in [2.05, 4.69) is 4.98 Å². The number of esters is 2. The van der Waals surface area contributed by atoms with Crippen molar-refractivity contribution in [1.29, 1.82) is 0 Å². The number of benzene rings is 2. The van der Waals surface area contributed by atoms with Crippen LogP contribution < -0.4 is 0 Å². The first-order chi connectivity index (χ1) is 22.3. The smallest absolute Gasteiger partial charge is 0.339 e. The van der Waals surface area contributed by atoms with Gasteiger partial charge in [-0.15, -0.1) is 11.3 Å². The standard InChI is InChI=1S/C37H45NO8S/c1-21-10-8-15-28-30(45-28)17-29(46-33(40)18-31(39)37(4,5)35(42)23(3)34(21)41)22(2)16-25-20-47-32(38-25)19-44-36(43)27-14-9-12-24-11-6-7-13-26(24)27/h6-7,9,11-14,16,20-21,23,28-31,34,39,41H,8,10,15,17-19H2,1-5H3/b22-16+/t21-,23-,28-,29+,30+,31+,34+/m1/s1. The van der Waals surface area contributed by atoms with E-state index < -0.39 is 41.6 Å². The lowest BCUT2D eigenvalue weighted by atomic mass is 9.73. The normalized spacial score (nSPS) is 29.2. The second-order valence-electron chi connectivity index (χ2n) is 13.6. The summed E-state index contributed by atoms with van der Waals surface area (Å²) in [5, 5.41) is 26.1. The van der Waals surface area contributed by atoms with E-state index in [1.54, 1.807) is 26.8 Å². The highest BCUT2D eigenvalue weighted by Crippen LogP contribution is 2.36. The van der Waals surface area contributed by atoms with Crippen LogP contribution in [0.2, 0.25) is 0 Å². The molecular formula is C37H45NO8S. The first-order valence-corrected chi connectivity index (χ1v) is 17.3. The van der Waals surface area contributed by atoms with Crippen molar-refractivity contribution < 1.29 is 38.8 Å². The van der Waals surface area contributed by atoms with Crippen molar-refractivity contribution in [2.24, 2.45) is 17.3 Å². The fourth-order valence-corrected chi connectivity index (χ4v) is 7.06. The molecule has 3 heterocycles. The van der Waals surface area contributed by atoms with Gasteiger partial charge in [-0.3, -0.25) is 9.59 Å². The Labute approximate surface area is 280 Å². The van der Waals surface area contributed by atoms with Crippen LogP contribution in [0.1, 0.15) is 87.8 Å². The van der Waals surface area contributed by atoms with E-state index in [0.717, 1.165) is 35.6 Å². The number of Topliss-reactive ketones (excluding diaryl/α,β-unsaturated/α-hetero) is 1. The predicted octanol–water partition coefficient (Wildman–Crippen LogP) is 6.29. The van der Waals surface area contributed by atoms with Crippen LogP contribution in [-0.2, 0) is 30.4 Å². The highest BCUT2D eigenvalue weighted by atomic mass is 32.1. The van der Waals surface area contributed by atoms with Gasteiger partial charge in [0.2, 0.25) is 0 Å². The van der Waals surface area contributed by atoms with Crippen molar-refractivity contribution in [3.63, 3.8) is 0 Å². The molecule has 2 fully saturated rings. The molecule has 2 aliphatic rings. The molecule has 0 aliphatic carbocycles. The molecule has 0 bridgehead atoms. The molecule has 0 radical (unpaired) electrons. The number of hydrogen-bond donors (Lipinski definition) is 2. The van der Waals surface area contributed by atoms with Crippen LogP contribution in [0.4, 0.5) is 0 Å². The molecule has 0 amide bonds. The number of fused-ring (bicyclic) bond motifs is 2. The van der Waals surface area contributed by atoms with Crippen molar-refractivity contribution in [2.75, 3.05) is 0 Å². The molecule has 252 valence electrons. The molecule has 2 saturated heterocycles. The van der Waals surface area contributed by atoms with Gasteiger partial charge >= 0.3 is 11.9 Å². The zero-order chi connectivity index (χ0) is 33.9. The number of cyclic esters (lactones) is 1. The van der Waals surface area contributed by atoms with E-state index >= 15 is 0 Å². The van der Waals surface area contributed by atoms with E-state index in [-0.39, 0.29) is 36.9 Å². The van der Waals surface area contributed by atoms with E-state index in [1.165, 1.54) is 11.3 Å². The van der Waals surface area contributed by atoms with E-state index in [9.17, 15) is 24.6 Å². The first kappa shape index (κ1) is 34.9. The Balaban J connectivity index is 1.27. The zero-order valence-electron chi connectivity index (χ0n) is 27.7. The van der Waals surface area contributed by atoms with Crippen molar-refractivity contribution in [1.82, 2.24) is 4.98 Å². The minimum absolute atomic E-state index is 0.0241. The molecule has 10 heteroatoms. The Morgan fingerprint density at radius 3 is 2.62 bits per heavy atom. The molecule has 2 aliphatic heterocycles. The summed E-state index contributed by atoms with van der Waals surface area (Å²) >= 11 is 1.37. The fourth-order valence-electron chi connectivity index (χ4n) is 6.40. The van der Waals surface area contributed by atoms with E-state index in [4.69, 9.17) is 14.2 Å². The summed E-state index contributed by atoms with van der Waals surface area (Å²) in [4.78, 5) is 44.0. The first-order valence-electron chi connectivity index (χ1n) is 16.4. The third-order valence-electron chi connectivity index (χ3n) is 9.68. The summed E-state index contributed by atoms with van der Waals surface area (Å²) in [6.07, 6.45) is 1.53. The van der Waals surface area contributed by atoms with E-state index in [1.807, 2.05) is 61.7 Å². The quantitative estimate of drug-likeness (QED) is 0.239. The maximum Gasteiger partial charge on any atom is 0.339 e. The topological polar surface area (TPSA) is 136 Å². The second-order valence-corrected chi connectivity index (χ2v) is 14.5. The average Bonchev–Trinajstić information content (AvgIpc) is 3.63. The van der Waals surface area contributed by atoms with Crippen LogP contribution in [0.15, 0.2) is 53.4 Å². The summed E-state index contributed by atoms with van der Waals surface area (Å²) in [6.45, 7) is 8.72. The number of nitrogens with zero attached hydrogens (tertiary/aromatic N) is 1. The predicted molar refractivity (Wildman–Crippen MR) is 180 cm³/mol. The van der Waals surface area contributed by atoms with Gasteiger partial charge in [0.05, 0.1) is 47.5 Å². The van der Waals surface area contributed by atoms with Gasteiger partial charge in [-0.1, -0.05) is 70.5 Å². The number of carbonyl (C=O) groups is 3. The van der Waals surface area contributed by atoms with Crippen LogP contribution in [0.3, 0.4) is 0 Å². The van der Waals surface area contributed by atoms with Gasteiger partial charge in [0, 0.05) is 17.7 Å². The van der Waals surface area contributed by atoms with Crippen LogP contribution in [0.5, 0.6) is 0 Å². The number of aliphatic hydroxyl groups is 2. The highest BCUT2D eigenvalue weighted by Gasteiger charge is 2.44. The number of aromatic nitrogens is 1. The van der Waals surface area contributed by atoms with Crippen LogP contribution >= 0.6 is 11.3 Å². The Morgan fingerprint density at radius 2 is 1.83 bits per heavy atom. The van der Waals surface area contributed by atoms with Crippen LogP contribution in [0.25, 0.3) is 16.8 Å². The third-order valence-corrected chi connectivity index (χ3v) is 10.5. The highest BCUT2D eigenvalue weighted by molar-refractivity contribution is 7.09. The molecule has 5 rings (SSSR count). The zero-order valence-corrected chi connectivity index (χ0v) is 28.5. The fraction of sp³-hybridized carbons (Fsp3) is 0.514. The van der Waals surface area contributed by atoms with Crippen molar-refractivity contribution in [2.45, 2.75) is 104 Å². The van der Waals surface area contributed by atoms with Gasteiger partial charge in [-0.2, -0.15) is 0 Å². The molecule has 0 saturated carbocycles. The van der Waals surface area contributed by atoms with E-state index in [0.29, 0.717) is 22.7 Å². The lowest BCUT2D eigenvalue weighted by Gasteiger charge is -2.34. The number of rotatable bonds is 5. The molecule has 2 N–H and O–H groups in total. The average molecular weight is 664 g/mol. The Morgan fingerprint density at radius 1 is 1.09 bits per heavy atom. The van der Waals surface area contributed by atoms with Gasteiger partial charge in [0.1, 0.15) is 23.5 Å². The molecule has 0 spiro atoms. The van der Waals surface area contributed by atoms with Crippen molar-refractivity contribution in [3.05, 3.63) is 69.7 Å². The maximum absolute atomic E-state index is 13.3. The number of ketones is 1. The van der Waals surface area contributed by atoms with Gasteiger partial charge in [0.15, 0.2) is 0 Å². The molecular weight excluding hydrogens is 618 g/mol. The number of aliphatic hydroxyl groups excluding tert-OH is 2. The Hall–Kier alpha value is -3.44. The minimum Gasteiger partial charge on any atom is -0.458 e. The number of ether oxygens (including phenoxy) is 3. The van der Waals surface area contributed by atoms with Crippen LogP contribution in [0, 0.1) is 17.3 Å². The maximum atomic E-state index is 13.3. The number of epoxide rings is 1. The Kier molecular flexibility index (Phi) is 11.0. The van der Waals surface area contributed by atoms with Gasteiger partial charge < -0.3 is 24.4 Å². The summed E-state index contributed by atoms with van der Waals surface area (Å²) in [5.41, 5.74) is 0.648. The monoisotopic (exact) mass is 663 g/mol. The van der Waals surface area contributed by atoms with Crippen LogP contribution in [-0.4, -0.2) is 63.4 Å². The van der Waals surface area contributed by atoms with Gasteiger partial charge in [-0.05, 0) is 54.2 Å². The largest absolute Gasteiger partial charge is 0.458 e. The van der Waals surface area contributed by atoms with Gasteiger partial charge in [-0.25, -0.2) is 9.78 Å². The molecule has 1 aromatic heterocycles. The SMILES string of the molecule is C/C(=C\c1csc(COC(=O)c2cccc3ccccc23)n1)[C@@H]1C[C@@H]2O[C@@H]2CCC[C@@H](C)[C@H](O)[C@@H](C)C(=O)C(C)(C)[C@@H](O)CC(=O)O1. The molecule has 7 atom stereocenters. The summed E-state index contributed by atoms with van der Waals surface area (Å²) < 4.78 is 17.5. The Bertz CT molecular complexity index is 1620. The molecule has 3 aromatic rings. The van der Waals surface area contributed by atoms with Crippen molar-refractivity contribution >= 4 is 45.9 Å².